The number of halogens is 4. The molecule has 0 unspecified atom stereocenters. The molecule has 1 amide bonds. The lowest BCUT2D eigenvalue weighted by molar-refractivity contribution is -0.137. The second-order valence-electron chi connectivity index (χ2n) is 7.05. The number of hydrogen-bond acceptors (Lipinski definition) is 4. The van der Waals surface area contributed by atoms with E-state index >= 15 is 0 Å². The zero-order valence-electron chi connectivity index (χ0n) is 17.4. The number of anilines is 1. The average molecular weight is 504 g/mol. The first-order valence-corrected chi connectivity index (χ1v) is 11.1. The molecule has 0 aliphatic carbocycles. The Hall–Kier alpha value is -3.43. The lowest BCUT2D eigenvalue weighted by Gasteiger charge is -2.11. The zero-order chi connectivity index (χ0) is 24.1. The second-order valence-corrected chi connectivity index (χ2v) is 8.60. The summed E-state index contributed by atoms with van der Waals surface area (Å²) < 4.78 is 45.2. The van der Waals surface area contributed by atoms with E-state index in [0.717, 1.165) is 21.9 Å². The molecule has 10 heteroatoms. The van der Waals surface area contributed by atoms with Crippen LogP contribution < -0.4 is 10.1 Å². The molecule has 0 aliphatic heterocycles. The van der Waals surface area contributed by atoms with Crippen LogP contribution in [-0.2, 0) is 12.9 Å². The summed E-state index contributed by atoms with van der Waals surface area (Å²) in [7, 11) is 0. The van der Waals surface area contributed by atoms with Crippen LogP contribution in [0, 0.1) is 0 Å². The Morgan fingerprint density at radius 3 is 2.56 bits per heavy atom. The van der Waals surface area contributed by atoms with Gasteiger partial charge in [-0.1, -0.05) is 41.6 Å². The molecule has 0 saturated heterocycles. The van der Waals surface area contributed by atoms with Gasteiger partial charge in [0.2, 0.25) is 0 Å². The minimum Gasteiger partial charge on any atom is -0.471 e. The van der Waals surface area contributed by atoms with E-state index in [1.807, 2.05) is 30.3 Å². The number of carbonyl (C=O) groups is 1. The van der Waals surface area contributed by atoms with E-state index in [0.29, 0.717) is 10.7 Å². The van der Waals surface area contributed by atoms with Crippen molar-refractivity contribution >= 4 is 35.0 Å². The molecule has 0 radical (unpaired) electrons. The molecule has 174 valence electrons. The molecule has 0 fully saturated rings. The molecular formula is C24H17ClF3N3O2S. The molecular weight excluding hydrogens is 487 g/mol. The SMILES string of the molecule is O=C(Nc1ccccc1Sc1ccc(Cl)cc1)c1ccn(COc2cccc(C(F)(F)F)c2)n1. The number of hydrogen-bond donors (Lipinski definition) is 1. The molecule has 0 atom stereocenters. The van der Waals surface area contributed by atoms with E-state index in [-0.39, 0.29) is 18.2 Å². The van der Waals surface area contributed by atoms with Crippen molar-refractivity contribution in [3.05, 3.63) is 101 Å². The predicted molar refractivity (Wildman–Crippen MR) is 124 cm³/mol. The van der Waals surface area contributed by atoms with E-state index in [2.05, 4.69) is 10.4 Å². The minimum atomic E-state index is -4.46. The highest BCUT2D eigenvalue weighted by molar-refractivity contribution is 7.99. The third kappa shape index (κ3) is 6.12. The molecule has 0 aliphatic rings. The second kappa shape index (κ2) is 10.2. The van der Waals surface area contributed by atoms with Crippen molar-refractivity contribution in [2.24, 2.45) is 0 Å². The number of benzene rings is 3. The fourth-order valence-electron chi connectivity index (χ4n) is 2.93. The van der Waals surface area contributed by atoms with E-state index < -0.39 is 17.6 Å². The third-order valence-electron chi connectivity index (χ3n) is 4.57. The molecule has 1 N–H and O–H groups in total. The zero-order valence-corrected chi connectivity index (χ0v) is 19.0. The van der Waals surface area contributed by atoms with Crippen molar-refractivity contribution in [3.63, 3.8) is 0 Å². The van der Waals surface area contributed by atoms with Gasteiger partial charge in [-0.25, -0.2) is 4.68 Å². The lowest BCUT2D eigenvalue weighted by Crippen LogP contribution is -2.14. The van der Waals surface area contributed by atoms with Crippen LogP contribution in [0.15, 0.2) is 94.9 Å². The van der Waals surface area contributed by atoms with Crippen LogP contribution in [0.4, 0.5) is 18.9 Å². The van der Waals surface area contributed by atoms with Crippen molar-refractivity contribution in [1.82, 2.24) is 9.78 Å². The molecule has 1 heterocycles. The predicted octanol–water partition coefficient (Wildman–Crippen LogP) is 7.00. The summed E-state index contributed by atoms with van der Waals surface area (Å²) in [6.07, 6.45) is -2.95. The molecule has 0 saturated carbocycles. The Kier molecular flexibility index (Phi) is 7.14. The molecule has 4 rings (SSSR count). The van der Waals surface area contributed by atoms with Crippen LogP contribution in [-0.4, -0.2) is 15.7 Å². The first-order chi connectivity index (χ1) is 16.3. The maximum absolute atomic E-state index is 12.8. The van der Waals surface area contributed by atoms with Crippen LogP contribution >= 0.6 is 23.4 Å². The number of para-hydroxylation sites is 1. The third-order valence-corrected chi connectivity index (χ3v) is 5.91. The number of amides is 1. The molecule has 3 aromatic carbocycles. The van der Waals surface area contributed by atoms with Crippen molar-refractivity contribution < 1.29 is 22.7 Å². The summed E-state index contributed by atoms with van der Waals surface area (Å²) >= 11 is 7.41. The van der Waals surface area contributed by atoms with Crippen LogP contribution in [0.5, 0.6) is 5.75 Å². The van der Waals surface area contributed by atoms with Gasteiger partial charge >= 0.3 is 6.18 Å². The molecule has 5 nitrogen and oxygen atoms in total. The van der Waals surface area contributed by atoms with Crippen molar-refractivity contribution in [3.8, 4) is 5.75 Å². The van der Waals surface area contributed by atoms with Gasteiger partial charge in [-0.05, 0) is 60.7 Å². The van der Waals surface area contributed by atoms with Crippen LogP contribution in [0.1, 0.15) is 16.1 Å². The van der Waals surface area contributed by atoms with Crippen LogP contribution in [0.3, 0.4) is 0 Å². The first-order valence-electron chi connectivity index (χ1n) is 9.95. The van der Waals surface area contributed by atoms with E-state index in [1.54, 1.807) is 18.2 Å². The van der Waals surface area contributed by atoms with E-state index in [9.17, 15) is 18.0 Å². The molecule has 4 aromatic rings. The maximum Gasteiger partial charge on any atom is 0.416 e. The fourth-order valence-corrected chi connectivity index (χ4v) is 3.96. The van der Waals surface area contributed by atoms with Gasteiger partial charge in [0.1, 0.15) is 5.75 Å². The van der Waals surface area contributed by atoms with Crippen LogP contribution in [0.25, 0.3) is 0 Å². The molecule has 1 aromatic heterocycles. The van der Waals surface area contributed by atoms with Gasteiger partial charge in [0, 0.05) is 21.0 Å². The normalized spacial score (nSPS) is 11.3. The van der Waals surface area contributed by atoms with Gasteiger partial charge in [0.25, 0.3) is 5.91 Å². The Labute approximate surface area is 202 Å². The van der Waals surface area contributed by atoms with Gasteiger partial charge in [-0.3, -0.25) is 4.79 Å². The number of nitrogens with one attached hydrogen (secondary N) is 1. The van der Waals surface area contributed by atoms with Gasteiger partial charge in [-0.15, -0.1) is 0 Å². The van der Waals surface area contributed by atoms with Gasteiger partial charge < -0.3 is 10.1 Å². The highest BCUT2D eigenvalue weighted by Gasteiger charge is 2.30. The van der Waals surface area contributed by atoms with Gasteiger partial charge in [0.05, 0.1) is 11.3 Å². The van der Waals surface area contributed by atoms with Crippen molar-refractivity contribution in [1.29, 1.82) is 0 Å². The summed E-state index contributed by atoms with van der Waals surface area (Å²) in [4.78, 5) is 14.5. The smallest absolute Gasteiger partial charge is 0.416 e. The Morgan fingerprint density at radius 2 is 1.79 bits per heavy atom. The Bertz CT molecular complexity index is 1290. The van der Waals surface area contributed by atoms with Gasteiger partial charge in [0.15, 0.2) is 12.4 Å². The number of ether oxygens (including phenoxy) is 1. The van der Waals surface area contributed by atoms with Crippen LogP contribution in [0.2, 0.25) is 5.02 Å². The van der Waals surface area contributed by atoms with E-state index in [4.69, 9.17) is 16.3 Å². The number of carbonyl (C=O) groups excluding carboxylic acids is 1. The minimum absolute atomic E-state index is 0.0458. The summed E-state index contributed by atoms with van der Waals surface area (Å²) in [6.45, 7) is -0.155. The topological polar surface area (TPSA) is 56.2 Å². The maximum atomic E-state index is 12.8. The van der Waals surface area contributed by atoms with Crippen molar-refractivity contribution in [2.45, 2.75) is 22.7 Å². The summed E-state index contributed by atoms with van der Waals surface area (Å²) in [5, 5.41) is 7.63. The van der Waals surface area contributed by atoms with Gasteiger partial charge in [-0.2, -0.15) is 18.3 Å². The quantitative estimate of drug-likeness (QED) is 0.295. The number of aromatic nitrogens is 2. The summed E-state index contributed by atoms with van der Waals surface area (Å²) in [5.41, 5.74) is -0.0539. The Balaban J connectivity index is 1.40. The highest BCUT2D eigenvalue weighted by Crippen LogP contribution is 2.34. The standard InChI is InChI=1S/C24H17ClF3N3O2S/c25-17-8-10-19(11-9-17)34-22-7-2-1-6-20(22)29-23(32)21-12-13-31(30-21)15-33-18-5-3-4-16(14-18)24(26,27)28/h1-14H,15H2,(H,29,32). The molecule has 34 heavy (non-hydrogen) atoms. The number of nitrogens with zero attached hydrogens (tertiary/aromatic N) is 2. The largest absolute Gasteiger partial charge is 0.471 e. The summed E-state index contributed by atoms with van der Waals surface area (Å²) in [6, 6.07) is 20.8. The number of alkyl halides is 3. The lowest BCUT2D eigenvalue weighted by atomic mass is 10.2. The monoisotopic (exact) mass is 503 g/mol. The number of rotatable bonds is 7. The molecule has 0 spiro atoms. The van der Waals surface area contributed by atoms with E-state index in [1.165, 1.54) is 40.8 Å². The average Bonchev–Trinajstić information content (AvgIpc) is 3.29. The van der Waals surface area contributed by atoms with Crippen molar-refractivity contribution in [2.75, 3.05) is 5.32 Å². The first kappa shape index (κ1) is 23.7. The summed E-state index contributed by atoms with van der Waals surface area (Å²) in [5.74, 6) is -0.383. The molecule has 0 bridgehead atoms. The Morgan fingerprint density at radius 1 is 1.03 bits per heavy atom. The fraction of sp³-hybridized carbons (Fsp3) is 0.0833. The highest BCUT2D eigenvalue weighted by atomic mass is 35.5.